The van der Waals surface area contributed by atoms with Gasteiger partial charge < -0.3 is 5.32 Å². The van der Waals surface area contributed by atoms with E-state index >= 15 is 0 Å². The summed E-state index contributed by atoms with van der Waals surface area (Å²) >= 11 is 0. The van der Waals surface area contributed by atoms with Gasteiger partial charge in [-0.15, -0.1) is 0 Å². The number of fused-ring (bicyclic) bond motifs is 1. The second-order valence-electron chi connectivity index (χ2n) is 7.82. The number of carbonyl (C=O) groups is 1. The Balaban J connectivity index is 1.65. The van der Waals surface area contributed by atoms with Gasteiger partial charge in [-0.05, 0) is 46.9 Å². The van der Waals surface area contributed by atoms with Crippen LogP contribution in [0, 0.1) is 5.92 Å². The van der Waals surface area contributed by atoms with Gasteiger partial charge in [0, 0.05) is 17.7 Å². The van der Waals surface area contributed by atoms with Crippen LogP contribution < -0.4 is 5.32 Å². The number of hydrogen-bond donors (Lipinski definition) is 1. The van der Waals surface area contributed by atoms with Crippen molar-refractivity contribution in [3.8, 4) is 11.1 Å². The number of alkyl halides is 3. The van der Waals surface area contributed by atoms with Gasteiger partial charge in [-0.2, -0.15) is 13.2 Å². The van der Waals surface area contributed by atoms with Gasteiger partial charge in [0.25, 0.3) is 5.91 Å². The van der Waals surface area contributed by atoms with Gasteiger partial charge in [0.05, 0.1) is 16.9 Å². The predicted octanol–water partition coefficient (Wildman–Crippen LogP) is 6.91. The Morgan fingerprint density at radius 2 is 1.68 bits per heavy atom. The maximum absolute atomic E-state index is 13.1. The van der Waals surface area contributed by atoms with Crippen LogP contribution in [0.15, 0.2) is 71.7 Å². The molecule has 1 heterocycles. The third-order valence-corrected chi connectivity index (χ3v) is 5.36. The second-order valence-corrected chi connectivity index (χ2v) is 7.82. The fraction of sp³-hybridized carbons (Fsp3) is 0.200. The van der Waals surface area contributed by atoms with Crippen LogP contribution in [0.25, 0.3) is 11.1 Å². The molecular formula is C25H21F3N2O. The molecule has 0 radical (unpaired) electrons. The number of nitrogens with one attached hydrogen (secondary N) is 1. The van der Waals surface area contributed by atoms with Crippen LogP contribution in [0.2, 0.25) is 0 Å². The molecule has 1 aliphatic heterocycles. The average Bonchev–Trinajstić information content (AvgIpc) is 3.19. The van der Waals surface area contributed by atoms with Crippen LogP contribution in [0.1, 0.15) is 35.3 Å². The smallest absolute Gasteiger partial charge is 0.320 e. The topological polar surface area (TPSA) is 41.5 Å². The number of rotatable bonds is 4. The van der Waals surface area contributed by atoms with E-state index in [4.69, 9.17) is 4.99 Å². The zero-order valence-corrected chi connectivity index (χ0v) is 17.1. The fourth-order valence-corrected chi connectivity index (χ4v) is 3.64. The number of para-hydroxylation sites is 1. The molecule has 3 aromatic carbocycles. The van der Waals surface area contributed by atoms with Gasteiger partial charge in [-0.1, -0.05) is 56.3 Å². The summed E-state index contributed by atoms with van der Waals surface area (Å²) < 4.78 is 38.7. The summed E-state index contributed by atoms with van der Waals surface area (Å²) in [5, 5.41) is 2.94. The number of nitrogens with zero attached hydrogens (tertiary/aromatic N) is 1. The maximum atomic E-state index is 13.1. The molecule has 1 aliphatic rings. The minimum atomic E-state index is -4.40. The van der Waals surface area contributed by atoms with Crippen molar-refractivity contribution in [3.63, 3.8) is 0 Å². The molecule has 0 fully saturated rings. The molecule has 0 saturated heterocycles. The maximum Gasteiger partial charge on any atom is 0.416 e. The van der Waals surface area contributed by atoms with Crippen molar-refractivity contribution in [2.24, 2.45) is 10.9 Å². The van der Waals surface area contributed by atoms with Crippen molar-refractivity contribution in [3.05, 3.63) is 83.4 Å². The first-order valence-corrected chi connectivity index (χ1v) is 10.0. The molecule has 1 N–H and O–H groups in total. The molecule has 0 spiro atoms. The molecule has 0 saturated carbocycles. The minimum Gasteiger partial charge on any atom is -0.320 e. The number of carbonyl (C=O) groups excluding carboxylic acids is 1. The first-order valence-electron chi connectivity index (χ1n) is 10.0. The lowest BCUT2D eigenvalue weighted by molar-refractivity contribution is -0.137. The Morgan fingerprint density at radius 3 is 2.35 bits per heavy atom. The lowest BCUT2D eigenvalue weighted by Gasteiger charge is -2.13. The van der Waals surface area contributed by atoms with Gasteiger partial charge in [0.15, 0.2) is 0 Å². The van der Waals surface area contributed by atoms with E-state index in [1.54, 1.807) is 24.3 Å². The van der Waals surface area contributed by atoms with Gasteiger partial charge in [0.1, 0.15) is 0 Å². The number of aliphatic imine (C=N–C) groups is 1. The molecular weight excluding hydrogens is 401 g/mol. The third kappa shape index (κ3) is 4.24. The summed E-state index contributed by atoms with van der Waals surface area (Å²) in [4.78, 5) is 17.8. The number of halogens is 3. The molecule has 6 heteroatoms. The molecule has 3 aromatic rings. The standard InChI is InChI=1S/C25H21F3N2O/c1-15(2)22-14-17-6-5-9-21(23(17)29-22)30-24(31)20-8-4-3-7-19(20)16-10-12-18(13-11-16)25(26,27)28/h3-13,15H,14H2,1-2H3,(H,30,31). The molecule has 31 heavy (non-hydrogen) atoms. The van der Waals surface area contributed by atoms with Crippen LogP contribution in [-0.2, 0) is 12.6 Å². The lowest BCUT2D eigenvalue weighted by Crippen LogP contribution is -2.13. The summed E-state index contributed by atoms with van der Waals surface area (Å²) in [5.74, 6) is -0.0200. The van der Waals surface area contributed by atoms with Crippen molar-refractivity contribution < 1.29 is 18.0 Å². The third-order valence-electron chi connectivity index (χ3n) is 5.36. The molecule has 0 aliphatic carbocycles. The quantitative estimate of drug-likeness (QED) is 0.488. The molecule has 4 rings (SSSR count). The van der Waals surface area contributed by atoms with Crippen molar-refractivity contribution in [2.45, 2.75) is 26.4 Å². The summed E-state index contributed by atoms with van der Waals surface area (Å²) in [5.41, 5.74) is 4.29. The van der Waals surface area contributed by atoms with E-state index in [1.807, 2.05) is 18.2 Å². The zero-order chi connectivity index (χ0) is 22.2. The number of anilines is 1. The van der Waals surface area contributed by atoms with E-state index in [0.717, 1.165) is 35.5 Å². The number of amides is 1. The Hall–Kier alpha value is -3.41. The van der Waals surface area contributed by atoms with E-state index in [2.05, 4.69) is 19.2 Å². The molecule has 158 valence electrons. The Kier molecular flexibility index (Phi) is 5.39. The monoisotopic (exact) mass is 422 g/mol. The Bertz CT molecular complexity index is 1160. The van der Waals surface area contributed by atoms with Crippen molar-refractivity contribution in [2.75, 3.05) is 5.32 Å². The highest BCUT2D eigenvalue weighted by Crippen LogP contribution is 2.37. The van der Waals surface area contributed by atoms with Crippen LogP contribution in [0.5, 0.6) is 0 Å². The van der Waals surface area contributed by atoms with E-state index < -0.39 is 11.7 Å². The average molecular weight is 422 g/mol. The van der Waals surface area contributed by atoms with Crippen LogP contribution in [0.4, 0.5) is 24.5 Å². The van der Waals surface area contributed by atoms with Crippen molar-refractivity contribution in [1.29, 1.82) is 0 Å². The molecule has 0 bridgehead atoms. The summed E-state index contributed by atoms with van der Waals surface area (Å²) in [6.07, 6.45) is -3.64. The van der Waals surface area contributed by atoms with E-state index in [1.165, 1.54) is 12.1 Å². The Labute approximate surface area is 178 Å². The largest absolute Gasteiger partial charge is 0.416 e. The summed E-state index contributed by atoms with van der Waals surface area (Å²) in [6.45, 7) is 4.17. The van der Waals surface area contributed by atoms with Crippen LogP contribution in [0.3, 0.4) is 0 Å². The first kappa shape index (κ1) is 20.8. The number of benzene rings is 3. The van der Waals surface area contributed by atoms with Gasteiger partial charge >= 0.3 is 6.18 Å². The fourth-order valence-electron chi connectivity index (χ4n) is 3.64. The van der Waals surface area contributed by atoms with Crippen molar-refractivity contribution >= 4 is 23.0 Å². The summed E-state index contributed by atoms with van der Waals surface area (Å²) in [7, 11) is 0. The zero-order valence-electron chi connectivity index (χ0n) is 17.1. The molecule has 1 amide bonds. The van der Waals surface area contributed by atoms with Crippen LogP contribution in [-0.4, -0.2) is 11.6 Å². The van der Waals surface area contributed by atoms with E-state index in [9.17, 15) is 18.0 Å². The summed E-state index contributed by atoms with van der Waals surface area (Å²) in [6, 6.07) is 17.4. The highest BCUT2D eigenvalue weighted by molar-refractivity contribution is 6.11. The lowest BCUT2D eigenvalue weighted by atomic mass is 9.98. The van der Waals surface area contributed by atoms with Crippen molar-refractivity contribution in [1.82, 2.24) is 0 Å². The molecule has 0 aromatic heterocycles. The first-order chi connectivity index (χ1) is 14.7. The number of hydrogen-bond acceptors (Lipinski definition) is 2. The molecule has 0 unspecified atom stereocenters. The van der Waals surface area contributed by atoms with E-state index in [-0.39, 0.29) is 5.91 Å². The van der Waals surface area contributed by atoms with Crippen LogP contribution >= 0.6 is 0 Å². The normalized spacial score (nSPS) is 13.2. The van der Waals surface area contributed by atoms with Gasteiger partial charge in [0.2, 0.25) is 0 Å². The van der Waals surface area contributed by atoms with Gasteiger partial charge in [-0.25, -0.2) is 0 Å². The predicted molar refractivity (Wildman–Crippen MR) is 117 cm³/mol. The highest BCUT2D eigenvalue weighted by Gasteiger charge is 2.30. The SMILES string of the molecule is CC(C)C1=Nc2c(cccc2NC(=O)c2ccccc2-c2ccc(C(F)(F)F)cc2)C1. The Morgan fingerprint density at radius 1 is 0.968 bits per heavy atom. The van der Waals surface area contributed by atoms with Gasteiger partial charge in [-0.3, -0.25) is 9.79 Å². The van der Waals surface area contributed by atoms with E-state index in [0.29, 0.717) is 28.3 Å². The molecule has 3 nitrogen and oxygen atoms in total. The molecule has 0 atom stereocenters. The minimum absolute atomic E-state index is 0.316. The highest BCUT2D eigenvalue weighted by atomic mass is 19.4. The second kappa shape index (κ2) is 8.02.